The first kappa shape index (κ1) is 17.9. The van der Waals surface area contributed by atoms with Crippen molar-refractivity contribution < 1.29 is 18.0 Å². The van der Waals surface area contributed by atoms with Gasteiger partial charge in [-0.25, -0.2) is 9.97 Å². The minimum absolute atomic E-state index is 0.0450. The molecule has 0 radical (unpaired) electrons. The van der Waals surface area contributed by atoms with Crippen LogP contribution in [0.1, 0.15) is 40.5 Å². The average molecular weight is 376 g/mol. The standard InChI is InChI=1S/C19H19F3N4O/c20-19(21,22)15-5-2-1-4-14(15)12-8-13-10-26(11-18(13,23)9-12)17(27)16-24-6-3-7-25-16/h1-7,12-13H,8-11,23H2/t12-,13-,18-/m1/s1. The van der Waals surface area contributed by atoms with E-state index in [1.54, 1.807) is 23.1 Å². The van der Waals surface area contributed by atoms with Gasteiger partial charge in [0, 0.05) is 31.0 Å². The Hall–Kier alpha value is -2.48. The first-order valence-corrected chi connectivity index (χ1v) is 8.79. The zero-order chi connectivity index (χ0) is 19.2. The third kappa shape index (κ3) is 3.18. The molecular formula is C19H19F3N4O. The van der Waals surface area contributed by atoms with Crippen LogP contribution in [-0.2, 0) is 6.18 Å². The second-order valence-corrected chi connectivity index (χ2v) is 7.41. The summed E-state index contributed by atoms with van der Waals surface area (Å²) in [5, 5.41) is 0. The van der Waals surface area contributed by atoms with E-state index in [9.17, 15) is 18.0 Å². The molecule has 1 aliphatic carbocycles. The lowest BCUT2D eigenvalue weighted by atomic mass is 9.89. The van der Waals surface area contributed by atoms with Gasteiger partial charge in [-0.2, -0.15) is 13.2 Å². The second-order valence-electron chi connectivity index (χ2n) is 7.41. The molecule has 0 spiro atoms. The van der Waals surface area contributed by atoms with Crippen molar-refractivity contribution in [3.8, 4) is 0 Å². The molecule has 2 aliphatic rings. The number of nitrogens with two attached hydrogens (primary N) is 1. The van der Waals surface area contributed by atoms with Gasteiger partial charge in [-0.05, 0) is 42.4 Å². The van der Waals surface area contributed by atoms with Crippen molar-refractivity contribution in [1.82, 2.24) is 14.9 Å². The van der Waals surface area contributed by atoms with Crippen molar-refractivity contribution in [3.05, 3.63) is 59.7 Å². The second kappa shape index (κ2) is 6.30. The van der Waals surface area contributed by atoms with Crippen LogP contribution in [0.2, 0.25) is 0 Å². The molecule has 2 N–H and O–H groups in total. The van der Waals surface area contributed by atoms with Crippen molar-refractivity contribution in [2.45, 2.75) is 30.5 Å². The molecule has 1 saturated heterocycles. The van der Waals surface area contributed by atoms with Crippen LogP contribution in [0.25, 0.3) is 0 Å². The predicted molar refractivity (Wildman–Crippen MR) is 91.8 cm³/mol. The van der Waals surface area contributed by atoms with Gasteiger partial charge in [0.15, 0.2) is 0 Å². The molecule has 2 fully saturated rings. The number of fused-ring (bicyclic) bond motifs is 1. The molecule has 1 aromatic heterocycles. The molecule has 0 unspecified atom stereocenters. The van der Waals surface area contributed by atoms with Gasteiger partial charge < -0.3 is 10.6 Å². The van der Waals surface area contributed by atoms with E-state index in [0.717, 1.165) is 6.07 Å². The van der Waals surface area contributed by atoms with Gasteiger partial charge in [0.05, 0.1) is 5.56 Å². The number of aromatic nitrogens is 2. The van der Waals surface area contributed by atoms with E-state index in [2.05, 4.69) is 9.97 Å². The number of halogens is 3. The van der Waals surface area contributed by atoms with Crippen LogP contribution in [0.15, 0.2) is 42.7 Å². The van der Waals surface area contributed by atoms with E-state index < -0.39 is 17.3 Å². The van der Waals surface area contributed by atoms with Crippen molar-refractivity contribution in [2.24, 2.45) is 11.7 Å². The Morgan fingerprint density at radius 2 is 1.89 bits per heavy atom. The SMILES string of the molecule is N[C@@]12C[C@H](c3ccccc3C(F)(F)F)C[C@@H]1CN(C(=O)c1ncccn1)C2. The molecular weight excluding hydrogens is 357 g/mol. The Kier molecular flexibility index (Phi) is 4.18. The van der Waals surface area contributed by atoms with Crippen LogP contribution in [-0.4, -0.2) is 39.4 Å². The number of nitrogens with zero attached hydrogens (tertiary/aromatic N) is 3. The molecule has 142 valence electrons. The Bertz CT molecular complexity index is 858. The minimum Gasteiger partial charge on any atom is -0.334 e. The van der Waals surface area contributed by atoms with Crippen LogP contribution in [0.5, 0.6) is 0 Å². The quantitative estimate of drug-likeness (QED) is 0.875. The Morgan fingerprint density at radius 3 is 2.56 bits per heavy atom. The molecule has 8 heteroatoms. The minimum atomic E-state index is -4.39. The Balaban J connectivity index is 1.53. The summed E-state index contributed by atoms with van der Waals surface area (Å²) in [5.74, 6) is -0.485. The fraction of sp³-hybridized carbons (Fsp3) is 0.421. The van der Waals surface area contributed by atoms with Gasteiger partial charge in [0.2, 0.25) is 5.82 Å². The number of hydrogen-bond donors (Lipinski definition) is 1. The Morgan fingerprint density at radius 1 is 1.19 bits per heavy atom. The molecule has 3 atom stereocenters. The molecule has 5 nitrogen and oxygen atoms in total. The zero-order valence-corrected chi connectivity index (χ0v) is 14.5. The van der Waals surface area contributed by atoms with Crippen LogP contribution in [0.4, 0.5) is 13.2 Å². The molecule has 0 bridgehead atoms. The molecule has 1 amide bonds. The molecule has 1 aromatic carbocycles. The van der Waals surface area contributed by atoms with E-state index in [-0.39, 0.29) is 23.6 Å². The van der Waals surface area contributed by atoms with Crippen LogP contribution < -0.4 is 5.73 Å². The summed E-state index contributed by atoms with van der Waals surface area (Å²) >= 11 is 0. The van der Waals surface area contributed by atoms with Crippen LogP contribution >= 0.6 is 0 Å². The number of amides is 1. The highest BCUT2D eigenvalue weighted by Crippen LogP contribution is 2.50. The number of benzene rings is 1. The molecule has 1 saturated carbocycles. The summed E-state index contributed by atoms with van der Waals surface area (Å²) in [6.45, 7) is 0.720. The molecule has 1 aliphatic heterocycles. The average Bonchev–Trinajstić information content (AvgIpc) is 3.13. The van der Waals surface area contributed by atoms with Crippen molar-refractivity contribution in [2.75, 3.05) is 13.1 Å². The van der Waals surface area contributed by atoms with Gasteiger partial charge in [-0.15, -0.1) is 0 Å². The molecule has 2 aromatic rings. The normalized spacial score (nSPS) is 27.6. The van der Waals surface area contributed by atoms with Gasteiger partial charge in [-0.3, -0.25) is 4.79 Å². The lowest BCUT2D eigenvalue weighted by Crippen LogP contribution is -2.45. The van der Waals surface area contributed by atoms with Crippen LogP contribution in [0.3, 0.4) is 0 Å². The maximum absolute atomic E-state index is 13.3. The highest BCUT2D eigenvalue weighted by atomic mass is 19.4. The molecule has 4 rings (SSSR count). The fourth-order valence-electron chi connectivity index (χ4n) is 4.48. The predicted octanol–water partition coefficient (Wildman–Crippen LogP) is 2.84. The summed E-state index contributed by atoms with van der Waals surface area (Å²) in [7, 11) is 0. The lowest BCUT2D eigenvalue weighted by molar-refractivity contribution is -0.138. The summed E-state index contributed by atoms with van der Waals surface area (Å²) in [6.07, 6.45) is -0.436. The van der Waals surface area contributed by atoms with Crippen molar-refractivity contribution in [3.63, 3.8) is 0 Å². The monoisotopic (exact) mass is 376 g/mol. The van der Waals surface area contributed by atoms with Crippen molar-refractivity contribution in [1.29, 1.82) is 0 Å². The van der Waals surface area contributed by atoms with Gasteiger partial charge in [0.25, 0.3) is 5.91 Å². The van der Waals surface area contributed by atoms with E-state index in [4.69, 9.17) is 5.73 Å². The first-order chi connectivity index (χ1) is 12.8. The highest BCUT2D eigenvalue weighted by molar-refractivity contribution is 5.90. The molecule has 2 heterocycles. The lowest BCUT2D eigenvalue weighted by Gasteiger charge is -2.25. The summed E-state index contributed by atoms with van der Waals surface area (Å²) < 4.78 is 40.0. The van der Waals surface area contributed by atoms with Crippen molar-refractivity contribution >= 4 is 5.91 Å². The first-order valence-electron chi connectivity index (χ1n) is 8.79. The van der Waals surface area contributed by atoms with E-state index in [1.165, 1.54) is 18.5 Å². The summed E-state index contributed by atoms with van der Waals surface area (Å²) in [4.78, 5) is 22.1. The maximum Gasteiger partial charge on any atom is 0.416 e. The van der Waals surface area contributed by atoms with Gasteiger partial charge in [0.1, 0.15) is 0 Å². The van der Waals surface area contributed by atoms with Gasteiger partial charge in [-0.1, -0.05) is 18.2 Å². The maximum atomic E-state index is 13.3. The Labute approximate surface area is 154 Å². The number of hydrogen-bond acceptors (Lipinski definition) is 4. The largest absolute Gasteiger partial charge is 0.416 e. The fourth-order valence-corrected chi connectivity index (χ4v) is 4.48. The summed E-state index contributed by atoms with van der Waals surface area (Å²) in [5.41, 5.74) is 5.56. The molecule has 27 heavy (non-hydrogen) atoms. The number of alkyl halides is 3. The van der Waals surface area contributed by atoms with E-state index >= 15 is 0 Å². The smallest absolute Gasteiger partial charge is 0.334 e. The zero-order valence-electron chi connectivity index (χ0n) is 14.5. The van der Waals surface area contributed by atoms with Crippen LogP contribution in [0, 0.1) is 5.92 Å². The number of carbonyl (C=O) groups excluding carboxylic acids is 1. The van der Waals surface area contributed by atoms with Gasteiger partial charge >= 0.3 is 6.18 Å². The third-order valence-electron chi connectivity index (χ3n) is 5.68. The van der Waals surface area contributed by atoms with E-state index in [0.29, 0.717) is 31.5 Å². The number of carbonyl (C=O) groups is 1. The van der Waals surface area contributed by atoms with E-state index in [1.807, 2.05) is 0 Å². The third-order valence-corrected chi connectivity index (χ3v) is 5.68. The summed E-state index contributed by atoms with van der Waals surface area (Å²) in [6, 6.07) is 7.32. The highest BCUT2D eigenvalue weighted by Gasteiger charge is 2.53. The number of likely N-dealkylation sites (tertiary alicyclic amines) is 1. The number of rotatable bonds is 2. The topological polar surface area (TPSA) is 72.1 Å².